The average molecular weight is 348 g/mol. The largest absolute Gasteiger partial charge is 0.411 e. The van der Waals surface area contributed by atoms with Gasteiger partial charge in [-0.15, -0.1) is 0 Å². The summed E-state index contributed by atoms with van der Waals surface area (Å²) in [6.45, 7) is 1.11. The zero-order valence-electron chi connectivity index (χ0n) is 13.4. The van der Waals surface area contributed by atoms with Gasteiger partial charge in [-0.05, 0) is 25.2 Å². The number of nitrogens with one attached hydrogen (secondary N) is 1. The molecule has 0 aliphatic carbocycles. The number of rotatable bonds is 8. The molecular weight excluding hydrogens is 325 g/mol. The van der Waals surface area contributed by atoms with Gasteiger partial charge in [0.15, 0.2) is 0 Å². The van der Waals surface area contributed by atoms with Crippen LogP contribution in [0, 0.1) is 5.92 Å². The molecule has 0 saturated carbocycles. The van der Waals surface area contributed by atoms with Crippen molar-refractivity contribution in [1.82, 2.24) is 9.97 Å². The van der Waals surface area contributed by atoms with E-state index in [9.17, 15) is 18.3 Å². The number of piperidine rings is 1. The number of hydrogen-bond donors (Lipinski definition) is 2. The van der Waals surface area contributed by atoms with Crippen LogP contribution in [0.15, 0.2) is 12.4 Å². The van der Waals surface area contributed by atoms with Crippen molar-refractivity contribution in [2.45, 2.75) is 25.4 Å². The fourth-order valence-electron chi connectivity index (χ4n) is 2.62. The lowest BCUT2D eigenvalue weighted by Gasteiger charge is -2.32. The third-order valence-corrected chi connectivity index (χ3v) is 3.79. The Morgan fingerprint density at radius 1 is 1.38 bits per heavy atom. The zero-order chi connectivity index (χ0) is 17.4. The monoisotopic (exact) mass is 348 g/mol. The third-order valence-electron chi connectivity index (χ3n) is 3.79. The summed E-state index contributed by atoms with van der Waals surface area (Å²) < 4.78 is 40.3. The van der Waals surface area contributed by atoms with E-state index in [-0.39, 0.29) is 19.1 Å². The van der Waals surface area contributed by atoms with Crippen LogP contribution in [0.4, 0.5) is 24.8 Å². The molecule has 0 spiro atoms. The molecule has 6 nitrogen and oxygen atoms in total. The molecule has 0 radical (unpaired) electrons. The first kappa shape index (κ1) is 18.7. The van der Waals surface area contributed by atoms with Crippen molar-refractivity contribution in [3.8, 4) is 0 Å². The van der Waals surface area contributed by atoms with Gasteiger partial charge in [0, 0.05) is 38.9 Å². The minimum absolute atomic E-state index is 0.0365. The predicted octanol–water partition coefficient (Wildman–Crippen LogP) is 2.07. The van der Waals surface area contributed by atoms with Gasteiger partial charge < -0.3 is 20.1 Å². The molecule has 1 fully saturated rings. The molecule has 0 bridgehead atoms. The summed E-state index contributed by atoms with van der Waals surface area (Å²) >= 11 is 0. The molecule has 1 aliphatic heterocycles. The Bertz CT molecular complexity index is 502. The highest BCUT2D eigenvalue weighted by molar-refractivity contribution is 5.48. The first-order valence-electron chi connectivity index (χ1n) is 8.04. The lowest BCUT2D eigenvalue weighted by atomic mass is 9.99. The molecular formula is C15H23F3N4O2. The molecule has 0 aromatic carbocycles. The number of aromatic nitrogens is 2. The number of anilines is 2. The smallest absolute Gasteiger partial charge is 0.396 e. The quantitative estimate of drug-likeness (QED) is 0.701. The van der Waals surface area contributed by atoms with Crippen molar-refractivity contribution >= 4 is 11.6 Å². The van der Waals surface area contributed by atoms with Gasteiger partial charge in [0.1, 0.15) is 24.6 Å². The SMILES string of the molecule is OCC1CCCN(c2cc(NCCCOCC(F)(F)F)ncn2)C1. The summed E-state index contributed by atoms with van der Waals surface area (Å²) in [4.78, 5) is 10.5. The number of hydrogen-bond acceptors (Lipinski definition) is 6. The van der Waals surface area contributed by atoms with Crippen LogP contribution in [0.25, 0.3) is 0 Å². The first-order chi connectivity index (χ1) is 11.5. The lowest BCUT2D eigenvalue weighted by Crippen LogP contribution is -2.37. The Kier molecular flexibility index (Phi) is 7.04. The van der Waals surface area contributed by atoms with Crippen LogP contribution in [0.1, 0.15) is 19.3 Å². The van der Waals surface area contributed by atoms with Gasteiger partial charge in [-0.2, -0.15) is 13.2 Å². The maximum absolute atomic E-state index is 11.9. The fourth-order valence-corrected chi connectivity index (χ4v) is 2.62. The summed E-state index contributed by atoms with van der Waals surface area (Å²) in [5.41, 5.74) is 0. The molecule has 0 amide bonds. The van der Waals surface area contributed by atoms with Crippen molar-refractivity contribution in [2.75, 3.05) is 49.7 Å². The van der Waals surface area contributed by atoms with Crippen LogP contribution in [0.5, 0.6) is 0 Å². The predicted molar refractivity (Wildman–Crippen MR) is 84.0 cm³/mol. The Labute approximate surface area is 139 Å². The number of ether oxygens (including phenoxy) is 1. The van der Waals surface area contributed by atoms with E-state index in [0.29, 0.717) is 18.8 Å². The fraction of sp³-hybridized carbons (Fsp3) is 0.733. The number of halogens is 3. The highest BCUT2D eigenvalue weighted by atomic mass is 19.4. The molecule has 2 N–H and O–H groups in total. The molecule has 24 heavy (non-hydrogen) atoms. The highest BCUT2D eigenvalue weighted by Gasteiger charge is 2.27. The molecule has 2 heterocycles. The maximum atomic E-state index is 11.9. The van der Waals surface area contributed by atoms with Crippen molar-refractivity contribution in [1.29, 1.82) is 0 Å². The summed E-state index contributed by atoms with van der Waals surface area (Å²) in [6, 6.07) is 1.82. The van der Waals surface area contributed by atoms with Gasteiger partial charge in [-0.1, -0.05) is 0 Å². The van der Waals surface area contributed by atoms with Crippen molar-refractivity contribution in [2.24, 2.45) is 5.92 Å². The second-order valence-electron chi connectivity index (χ2n) is 5.85. The molecule has 1 atom stereocenters. The van der Waals surface area contributed by atoms with Crippen molar-refractivity contribution < 1.29 is 23.0 Å². The van der Waals surface area contributed by atoms with Crippen molar-refractivity contribution in [3.63, 3.8) is 0 Å². The van der Waals surface area contributed by atoms with Gasteiger partial charge in [0.25, 0.3) is 0 Å². The summed E-state index contributed by atoms with van der Waals surface area (Å²) in [6.07, 6.45) is -0.350. The summed E-state index contributed by atoms with van der Waals surface area (Å²) in [5, 5.41) is 12.4. The summed E-state index contributed by atoms with van der Waals surface area (Å²) in [7, 11) is 0. The Morgan fingerprint density at radius 3 is 2.96 bits per heavy atom. The number of nitrogens with zero attached hydrogens (tertiary/aromatic N) is 3. The molecule has 1 unspecified atom stereocenters. The van der Waals surface area contributed by atoms with Crippen LogP contribution in [-0.2, 0) is 4.74 Å². The Hall–Kier alpha value is -1.61. The minimum atomic E-state index is -4.28. The molecule has 2 rings (SSSR count). The van der Waals surface area contributed by atoms with E-state index >= 15 is 0 Å². The van der Waals surface area contributed by atoms with Crippen molar-refractivity contribution in [3.05, 3.63) is 12.4 Å². The van der Waals surface area contributed by atoms with Gasteiger partial charge >= 0.3 is 6.18 Å². The highest BCUT2D eigenvalue weighted by Crippen LogP contribution is 2.22. The van der Waals surface area contributed by atoms with E-state index in [4.69, 9.17) is 0 Å². The van der Waals surface area contributed by atoms with E-state index < -0.39 is 12.8 Å². The van der Waals surface area contributed by atoms with E-state index in [1.807, 2.05) is 6.07 Å². The van der Waals surface area contributed by atoms with E-state index in [1.165, 1.54) is 6.33 Å². The second-order valence-corrected chi connectivity index (χ2v) is 5.85. The van der Waals surface area contributed by atoms with Crippen LogP contribution < -0.4 is 10.2 Å². The van der Waals surface area contributed by atoms with E-state index in [0.717, 1.165) is 31.7 Å². The molecule has 1 aromatic rings. The molecule has 9 heteroatoms. The van der Waals surface area contributed by atoms with Crippen LogP contribution in [0.3, 0.4) is 0 Å². The average Bonchev–Trinajstić information content (AvgIpc) is 2.57. The van der Waals surface area contributed by atoms with Crippen LogP contribution in [0.2, 0.25) is 0 Å². The maximum Gasteiger partial charge on any atom is 0.411 e. The molecule has 1 saturated heterocycles. The molecule has 1 aromatic heterocycles. The minimum Gasteiger partial charge on any atom is -0.396 e. The van der Waals surface area contributed by atoms with E-state index in [2.05, 4.69) is 24.9 Å². The standard InChI is InChI=1S/C15H23F3N4O2/c16-15(17,18)10-24-6-2-4-19-13-7-14(21-11-20-13)22-5-1-3-12(8-22)9-23/h7,11-12,23H,1-6,8-10H2,(H,19,20,21). The van der Waals surface area contributed by atoms with Gasteiger partial charge in [-0.3, -0.25) is 0 Å². The zero-order valence-corrected chi connectivity index (χ0v) is 13.4. The van der Waals surface area contributed by atoms with Crippen LogP contribution in [-0.4, -0.2) is 60.7 Å². The number of alkyl halides is 3. The molecule has 136 valence electrons. The summed E-state index contributed by atoms with van der Waals surface area (Å²) in [5.74, 6) is 1.68. The number of aliphatic hydroxyl groups is 1. The molecule has 1 aliphatic rings. The lowest BCUT2D eigenvalue weighted by molar-refractivity contribution is -0.173. The van der Waals surface area contributed by atoms with Crippen LogP contribution >= 0.6 is 0 Å². The third kappa shape index (κ3) is 6.48. The van der Waals surface area contributed by atoms with Gasteiger partial charge in [0.2, 0.25) is 0 Å². The van der Waals surface area contributed by atoms with Gasteiger partial charge in [0.05, 0.1) is 0 Å². The Balaban J connectivity index is 1.74. The number of aliphatic hydroxyl groups excluding tert-OH is 1. The normalized spacial score (nSPS) is 18.7. The van der Waals surface area contributed by atoms with E-state index in [1.54, 1.807) is 0 Å². The van der Waals surface area contributed by atoms with Gasteiger partial charge in [-0.25, -0.2) is 9.97 Å². The first-order valence-corrected chi connectivity index (χ1v) is 8.04. The Morgan fingerprint density at radius 2 is 2.21 bits per heavy atom. The second kappa shape index (κ2) is 9.03. The topological polar surface area (TPSA) is 70.5 Å².